The Morgan fingerprint density at radius 1 is 0.696 bits per heavy atom. The molecule has 1 saturated heterocycles. The van der Waals surface area contributed by atoms with Crippen LogP contribution in [0.3, 0.4) is 0 Å². The van der Waals surface area contributed by atoms with E-state index in [-0.39, 0.29) is 0 Å². The van der Waals surface area contributed by atoms with Gasteiger partial charge >= 0.3 is 0 Å². The SMILES string of the molecule is CC.Cc1ccccc1CN1CCN(Cc2ccccc2)CC1. The van der Waals surface area contributed by atoms with E-state index in [1.165, 1.54) is 42.9 Å². The molecule has 2 nitrogen and oxygen atoms in total. The summed E-state index contributed by atoms with van der Waals surface area (Å²) < 4.78 is 0. The van der Waals surface area contributed by atoms with Gasteiger partial charge in [0, 0.05) is 39.3 Å². The lowest BCUT2D eigenvalue weighted by molar-refractivity contribution is 0.122. The molecule has 0 saturated carbocycles. The molecule has 0 N–H and O–H groups in total. The normalized spacial score (nSPS) is 15.8. The Balaban J connectivity index is 0.000000924. The maximum absolute atomic E-state index is 2.57. The van der Waals surface area contributed by atoms with Gasteiger partial charge in [-0.05, 0) is 23.6 Å². The molecule has 1 aliphatic heterocycles. The van der Waals surface area contributed by atoms with Crippen LogP contribution in [0.4, 0.5) is 0 Å². The van der Waals surface area contributed by atoms with E-state index in [1.807, 2.05) is 13.8 Å². The van der Waals surface area contributed by atoms with E-state index in [9.17, 15) is 0 Å². The number of rotatable bonds is 4. The van der Waals surface area contributed by atoms with Crippen LogP contribution in [-0.4, -0.2) is 36.0 Å². The lowest BCUT2D eigenvalue weighted by Crippen LogP contribution is -2.45. The summed E-state index contributed by atoms with van der Waals surface area (Å²) in [6.45, 7) is 13.1. The summed E-state index contributed by atoms with van der Waals surface area (Å²) in [6.07, 6.45) is 0. The van der Waals surface area contributed by atoms with Crippen LogP contribution in [-0.2, 0) is 13.1 Å². The zero-order valence-electron chi connectivity index (χ0n) is 14.8. The number of nitrogens with zero attached hydrogens (tertiary/aromatic N) is 2. The quantitative estimate of drug-likeness (QED) is 0.829. The van der Waals surface area contributed by atoms with Crippen molar-refractivity contribution in [2.45, 2.75) is 33.9 Å². The molecular weight excluding hydrogens is 280 g/mol. The average Bonchev–Trinajstić information content (AvgIpc) is 2.61. The zero-order valence-corrected chi connectivity index (χ0v) is 14.8. The highest BCUT2D eigenvalue weighted by molar-refractivity contribution is 5.25. The fourth-order valence-electron chi connectivity index (χ4n) is 2.98. The zero-order chi connectivity index (χ0) is 16.5. The molecule has 0 radical (unpaired) electrons. The van der Waals surface area contributed by atoms with E-state index >= 15 is 0 Å². The predicted octanol–water partition coefficient (Wildman–Crippen LogP) is 4.34. The summed E-state index contributed by atoms with van der Waals surface area (Å²) in [4.78, 5) is 5.13. The highest BCUT2D eigenvalue weighted by atomic mass is 15.3. The van der Waals surface area contributed by atoms with Gasteiger partial charge in [0.05, 0.1) is 0 Å². The van der Waals surface area contributed by atoms with Crippen LogP contribution >= 0.6 is 0 Å². The first-order valence-electron chi connectivity index (χ1n) is 8.84. The van der Waals surface area contributed by atoms with Crippen molar-refractivity contribution in [2.75, 3.05) is 26.2 Å². The van der Waals surface area contributed by atoms with Gasteiger partial charge in [0.2, 0.25) is 0 Å². The van der Waals surface area contributed by atoms with Gasteiger partial charge < -0.3 is 0 Å². The van der Waals surface area contributed by atoms with Crippen LogP contribution in [0.25, 0.3) is 0 Å². The van der Waals surface area contributed by atoms with Crippen molar-refractivity contribution >= 4 is 0 Å². The minimum absolute atomic E-state index is 1.08. The molecule has 1 fully saturated rings. The number of hydrogen-bond acceptors (Lipinski definition) is 2. The molecule has 1 aliphatic rings. The Kier molecular flexibility index (Phi) is 7.31. The molecule has 124 valence electrons. The molecule has 0 amide bonds. The van der Waals surface area contributed by atoms with Crippen LogP contribution in [0.1, 0.15) is 30.5 Å². The van der Waals surface area contributed by atoms with Crippen LogP contribution < -0.4 is 0 Å². The molecule has 0 atom stereocenters. The van der Waals surface area contributed by atoms with Gasteiger partial charge in [-0.1, -0.05) is 68.4 Å². The lowest BCUT2D eigenvalue weighted by Gasteiger charge is -2.35. The number of benzene rings is 2. The van der Waals surface area contributed by atoms with Gasteiger partial charge in [-0.25, -0.2) is 0 Å². The van der Waals surface area contributed by atoms with Gasteiger partial charge in [0.1, 0.15) is 0 Å². The van der Waals surface area contributed by atoms with E-state index in [1.54, 1.807) is 0 Å². The first-order chi connectivity index (χ1) is 11.3. The third kappa shape index (κ3) is 5.49. The molecule has 0 spiro atoms. The van der Waals surface area contributed by atoms with Crippen molar-refractivity contribution in [2.24, 2.45) is 0 Å². The minimum atomic E-state index is 1.08. The summed E-state index contributed by atoms with van der Waals surface area (Å²) in [5.41, 5.74) is 4.29. The van der Waals surface area contributed by atoms with Crippen LogP contribution in [0, 0.1) is 6.92 Å². The number of hydrogen-bond donors (Lipinski definition) is 0. The molecular formula is C21H30N2. The van der Waals surface area contributed by atoms with Crippen molar-refractivity contribution in [3.05, 3.63) is 71.3 Å². The molecule has 0 aromatic heterocycles. The van der Waals surface area contributed by atoms with Gasteiger partial charge in [-0.2, -0.15) is 0 Å². The van der Waals surface area contributed by atoms with E-state index in [0.717, 1.165) is 13.1 Å². The molecule has 2 aromatic rings. The van der Waals surface area contributed by atoms with E-state index in [4.69, 9.17) is 0 Å². The van der Waals surface area contributed by atoms with Gasteiger partial charge in [-0.3, -0.25) is 9.80 Å². The predicted molar refractivity (Wildman–Crippen MR) is 99.5 cm³/mol. The summed E-state index contributed by atoms with van der Waals surface area (Å²) in [6, 6.07) is 19.5. The maximum atomic E-state index is 2.57. The molecule has 0 aliphatic carbocycles. The Morgan fingerprint density at radius 2 is 1.22 bits per heavy atom. The molecule has 23 heavy (non-hydrogen) atoms. The Hall–Kier alpha value is -1.64. The first kappa shape index (κ1) is 17.7. The molecule has 0 unspecified atom stereocenters. The molecule has 1 heterocycles. The van der Waals surface area contributed by atoms with Crippen LogP contribution in [0.2, 0.25) is 0 Å². The summed E-state index contributed by atoms with van der Waals surface area (Å²) in [7, 11) is 0. The van der Waals surface area contributed by atoms with Crippen molar-refractivity contribution in [3.63, 3.8) is 0 Å². The van der Waals surface area contributed by atoms with E-state index < -0.39 is 0 Å². The Labute approximate surface area is 141 Å². The smallest absolute Gasteiger partial charge is 0.0237 e. The first-order valence-corrected chi connectivity index (χ1v) is 8.84. The molecule has 3 rings (SSSR count). The van der Waals surface area contributed by atoms with Crippen molar-refractivity contribution in [1.82, 2.24) is 9.80 Å². The van der Waals surface area contributed by atoms with Crippen molar-refractivity contribution < 1.29 is 0 Å². The van der Waals surface area contributed by atoms with Gasteiger partial charge in [0.25, 0.3) is 0 Å². The molecule has 2 heteroatoms. The highest BCUT2D eigenvalue weighted by Gasteiger charge is 2.17. The lowest BCUT2D eigenvalue weighted by atomic mass is 10.1. The monoisotopic (exact) mass is 310 g/mol. The van der Waals surface area contributed by atoms with Gasteiger partial charge in [-0.15, -0.1) is 0 Å². The maximum Gasteiger partial charge on any atom is 0.0237 e. The fourth-order valence-corrected chi connectivity index (χ4v) is 2.98. The third-order valence-corrected chi connectivity index (χ3v) is 4.37. The Morgan fingerprint density at radius 3 is 1.83 bits per heavy atom. The molecule has 2 aromatic carbocycles. The third-order valence-electron chi connectivity index (χ3n) is 4.37. The van der Waals surface area contributed by atoms with Crippen molar-refractivity contribution in [1.29, 1.82) is 0 Å². The summed E-state index contributed by atoms with van der Waals surface area (Å²) in [5, 5.41) is 0. The van der Waals surface area contributed by atoms with Gasteiger partial charge in [0.15, 0.2) is 0 Å². The highest BCUT2D eigenvalue weighted by Crippen LogP contribution is 2.13. The Bertz CT molecular complexity index is 557. The molecule has 0 bridgehead atoms. The number of piperazine rings is 1. The van der Waals surface area contributed by atoms with Crippen LogP contribution in [0.15, 0.2) is 54.6 Å². The van der Waals surface area contributed by atoms with Crippen LogP contribution in [0.5, 0.6) is 0 Å². The average molecular weight is 310 g/mol. The second-order valence-electron chi connectivity index (χ2n) is 5.96. The van der Waals surface area contributed by atoms with Crippen molar-refractivity contribution in [3.8, 4) is 0 Å². The topological polar surface area (TPSA) is 6.48 Å². The summed E-state index contributed by atoms with van der Waals surface area (Å²) >= 11 is 0. The van der Waals surface area contributed by atoms with E-state index in [0.29, 0.717) is 0 Å². The second-order valence-corrected chi connectivity index (χ2v) is 5.96. The fraction of sp³-hybridized carbons (Fsp3) is 0.429. The number of aryl methyl sites for hydroxylation is 1. The standard InChI is InChI=1S/C19H24N2.C2H6/c1-17-7-5-6-10-19(17)16-21-13-11-20(12-14-21)15-18-8-3-2-4-9-18;1-2/h2-10H,11-16H2,1H3;1-2H3. The minimum Gasteiger partial charge on any atom is -0.297 e. The second kappa shape index (κ2) is 9.49. The summed E-state index contributed by atoms with van der Waals surface area (Å²) in [5.74, 6) is 0. The van der Waals surface area contributed by atoms with E-state index in [2.05, 4.69) is 71.3 Å². The largest absolute Gasteiger partial charge is 0.297 e.